The Balaban J connectivity index is 2.08. The third kappa shape index (κ3) is 3.79. The molecule has 0 saturated carbocycles. The van der Waals surface area contributed by atoms with E-state index in [1.54, 1.807) is 0 Å². The Labute approximate surface area is 128 Å². The lowest BCUT2D eigenvalue weighted by atomic mass is 9.97. The Morgan fingerprint density at radius 1 is 1.38 bits per heavy atom. The predicted octanol–water partition coefficient (Wildman–Crippen LogP) is 1.82. The number of anilines is 1. The van der Waals surface area contributed by atoms with Crippen molar-refractivity contribution >= 4 is 28.2 Å². The molecule has 1 aliphatic rings. The van der Waals surface area contributed by atoms with Crippen LogP contribution in [0.15, 0.2) is 0 Å². The van der Waals surface area contributed by atoms with Crippen molar-refractivity contribution < 1.29 is 14.7 Å². The van der Waals surface area contributed by atoms with Crippen LogP contribution in [-0.2, 0) is 0 Å². The second-order valence-corrected chi connectivity index (χ2v) is 6.71. The molecule has 6 nitrogen and oxygen atoms in total. The van der Waals surface area contributed by atoms with E-state index in [1.165, 1.54) is 18.3 Å². The Bertz CT molecular complexity index is 502. The summed E-state index contributed by atoms with van der Waals surface area (Å²) in [5.41, 5.74) is -0.113. The van der Waals surface area contributed by atoms with Crippen molar-refractivity contribution in [2.75, 3.05) is 38.6 Å². The largest absolute Gasteiger partial charge is 0.476 e. The molecule has 0 radical (unpaired) electrons. The Morgan fingerprint density at radius 3 is 2.43 bits per heavy atom. The van der Waals surface area contributed by atoms with E-state index in [4.69, 9.17) is 5.11 Å². The number of carboxylic acid groups (broad SMARTS) is 1. The first-order valence-corrected chi connectivity index (χ1v) is 7.85. The van der Waals surface area contributed by atoms with Gasteiger partial charge < -0.3 is 14.9 Å². The zero-order valence-corrected chi connectivity index (χ0v) is 13.4. The number of thiazole rings is 1. The first kappa shape index (κ1) is 15.9. The molecule has 0 aliphatic carbocycles. The van der Waals surface area contributed by atoms with Crippen molar-refractivity contribution in [3.05, 3.63) is 10.6 Å². The van der Waals surface area contributed by atoms with Crippen molar-refractivity contribution in [3.63, 3.8) is 0 Å². The van der Waals surface area contributed by atoms with E-state index in [0.29, 0.717) is 11.0 Å². The van der Waals surface area contributed by atoms with Crippen LogP contribution in [-0.4, -0.2) is 60.5 Å². The highest BCUT2D eigenvalue weighted by atomic mass is 32.1. The average Bonchev–Trinajstić information content (AvgIpc) is 2.84. The molecule has 21 heavy (non-hydrogen) atoms. The number of ketones is 1. The molecule has 1 aromatic rings. The number of nitrogens with zero attached hydrogens (tertiary/aromatic N) is 3. The number of carbonyl (C=O) groups is 2. The fraction of sp³-hybridized carbons (Fsp3) is 0.643. The lowest BCUT2D eigenvalue weighted by Gasteiger charge is -2.32. The predicted molar refractivity (Wildman–Crippen MR) is 82.6 cm³/mol. The number of aromatic carboxylic acids is 1. The minimum Gasteiger partial charge on any atom is -0.476 e. The van der Waals surface area contributed by atoms with Gasteiger partial charge in [-0.05, 0) is 32.9 Å². The topological polar surface area (TPSA) is 73.7 Å². The number of carboxylic acids is 1. The van der Waals surface area contributed by atoms with Crippen LogP contribution in [0.3, 0.4) is 0 Å². The number of aromatic nitrogens is 1. The second kappa shape index (κ2) is 6.53. The van der Waals surface area contributed by atoms with Crippen LogP contribution in [0.5, 0.6) is 0 Å². The molecule has 116 valence electrons. The summed E-state index contributed by atoms with van der Waals surface area (Å²) in [6.45, 7) is 4.18. The summed E-state index contributed by atoms with van der Waals surface area (Å²) in [5.74, 6) is -0.703. The molecule has 2 heterocycles. The summed E-state index contributed by atoms with van der Waals surface area (Å²) < 4.78 is 0. The molecule has 1 fully saturated rings. The number of piperidine rings is 1. The van der Waals surface area contributed by atoms with Crippen LogP contribution in [0.2, 0.25) is 0 Å². The quantitative estimate of drug-likeness (QED) is 0.836. The zero-order valence-electron chi connectivity index (χ0n) is 12.6. The maximum Gasteiger partial charge on any atom is 0.356 e. The maximum atomic E-state index is 11.5. The molecular weight excluding hydrogens is 290 g/mol. The monoisotopic (exact) mass is 311 g/mol. The van der Waals surface area contributed by atoms with E-state index >= 15 is 0 Å². The number of rotatable bonds is 5. The van der Waals surface area contributed by atoms with Gasteiger partial charge in [0.2, 0.25) is 0 Å². The van der Waals surface area contributed by atoms with Gasteiger partial charge >= 0.3 is 5.97 Å². The molecule has 1 aliphatic heterocycles. The Morgan fingerprint density at radius 2 is 2.00 bits per heavy atom. The van der Waals surface area contributed by atoms with E-state index < -0.39 is 5.97 Å². The van der Waals surface area contributed by atoms with Crippen molar-refractivity contribution in [1.29, 1.82) is 0 Å². The molecule has 1 saturated heterocycles. The van der Waals surface area contributed by atoms with Crippen LogP contribution in [0.4, 0.5) is 5.13 Å². The van der Waals surface area contributed by atoms with Gasteiger partial charge in [-0.1, -0.05) is 11.3 Å². The van der Waals surface area contributed by atoms with Gasteiger partial charge in [0.05, 0.1) is 0 Å². The Hall–Kier alpha value is -1.47. The van der Waals surface area contributed by atoms with Gasteiger partial charge in [0.25, 0.3) is 0 Å². The fourth-order valence-corrected chi connectivity index (χ4v) is 3.66. The summed E-state index contributed by atoms with van der Waals surface area (Å²) in [7, 11) is 4.15. The maximum absolute atomic E-state index is 11.5. The van der Waals surface area contributed by atoms with Crippen molar-refractivity contribution in [2.45, 2.75) is 19.8 Å². The number of hydrogen-bond acceptors (Lipinski definition) is 6. The number of carbonyl (C=O) groups excluding carboxylic acids is 1. The number of hydrogen-bond donors (Lipinski definition) is 1. The lowest BCUT2D eigenvalue weighted by Crippen LogP contribution is -2.37. The number of Topliss-reactive ketones (excluding diaryl/α,β-unsaturated/α-hetero) is 1. The molecule has 2 rings (SSSR count). The highest BCUT2D eigenvalue weighted by Crippen LogP contribution is 2.30. The van der Waals surface area contributed by atoms with Crippen molar-refractivity contribution in [1.82, 2.24) is 9.88 Å². The summed E-state index contributed by atoms with van der Waals surface area (Å²) >= 11 is 1.19. The van der Waals surface area contributed by atoms with E-state index in [2.05, 4.69) is 28.9 Å². The van der Waals surface area contributed by atoms with E-state index in [0.717, 1.165) is 32.5 Å². The van der Waals surface area contributed by atoms with Gasteiger partial charge in [0, 0.05) is 26.6 Å². The van der Waals surface area contributed by atoms with Crippen LogP contribution in [0.1, 0.15) is 39.9 Å². The van der Waals surface area contributed by atoms with Gasteiger partial charge in [0.15, 0.2) is 16.6 Å². The molecular formula is C14H21N3O3S. The van der Waals surface area contributed by atoms with Crippen LogP contribution >= 0.6 is 11.3 Å². The van der Waals surface area contributed by atoms with Gasteiger partial charge in [-0.25, -0.2) is 9.78 Å². The van der Waals surface area contributed by atoms with E-state index in [1.807, 2.05) is 0 Å². The minimum atomic E-state index is -1.13. The van der Waals surface area contributed by atoms with E-state index in [9.17, 15) is 9.59 Å². The molecule has 0 bridgehead atoms. The minimum absolute atomic E-state index is 0.113. The summed E-state index contributed by atoms with van der Waals surface area (Å²) in [6.07, 6.45) is 2.13. The fourth-order valence-electron chi connectivity index (χ4n) is 2.65. The molecule has 1 aromatic heterocycles. The van der Waals surface area contributed by atoms with Crippen LogP contribution in [0, 0.1) is 5.92 Å². The average molecular weight is 311 g/mol. The van der Waals surface area contributed by atoms with Gasteiger partial charge in [-0.15, -0.1) is 0 Å². The Kier molecular flexibility index (Phi) is 4.95. The highest BCUT2D eigenvalue weighted by molar-refractivity contribution is 7.17. The molecule has 7 heteroatoms. The summed E-state index contributed by atoms with van der Waals surface area (Å²) in [6, 6.07) is 0. The van der Waals surface area contributed by atoms with Gasteiger partial charge in [-0.2, -0.15) is 0 Å². The highest BCUT2D eigenvalue weighted by Gasteiger charge is 2.26. The molecule has 0 spiro atoms. The molecule has 1 N–H and O–H groups in total. The van der Waals surface area contributed by atoms with Crippen LogP contribution < -0.4 is 4.90 Å². The first-order chi connectivity index (χ1) is 9.88. The smallest absolute Gasteiger partial charge is 0.356 e. The SMILES string of the molecule is CC(=O)c1sc(N2CCC(CN(C)C)CC2)nc1C(=O)O. The standard InChI is InChI=1S/C14H21N3O3S/c1-9(18)12-11(13(19)20)15-14(21-12)17-6-4-10(5-7-17)8-16(2)3/h10H,4-8H2,1-3H3,(H,19,20). The van der Waals surface area contributed by atoms with E-state index in [-0.39, 0.29) is 16.4 Å². The molecule has 0 amide bonds. The van der Waals surface area contributed by atoms with Gasteiger partial charge in [-0.3, -0.25) is 4.79 Å². The van der Waals surface area contributed by atoms with Gasteiger partial charge in [0.1, 0.15) is 4.88 Å². The normalized spacial score (nSPS) is 16.5. The summed E-state index contributed by atoms with van der Waals surface area (Å²) in [5, 5.41) is 9.79. The molecule has 0 atom stereocenters. The first-order valence-electron chi connectivity index (χ1n) is 7.03. The zero-order chi connectivity index (χ0) is 15.6. The molecule has 0 aromatic carbocycles. The summed E-state index contributed by atoms with van der Waals surface area (Å²) in [4.78, 5) is 31.4. The third-order valence-electron chi connectivity index (χ3n) is 3.65. The van der Waals surface area contributed by atoms with Crippen LogP contribution in [0.25, 0.3) is 0 Å². The third-order valence-corrected chi connectivity index (χ3v) is 4.86. The lowest BCUT2D eigenvalue weighted by molar-refractivity contribution is 0.0687. The van der Waals surface area contributed by atoms with Crippen molar-refractivity contribution in [2.24, 2.45) is 5.92 Å². The second-order valence-electron chi connectivity index (χ2n) is 5.73. The van der Waals surface area contributed by atoms with Crippen molar-refractivity contribution in [3.8, 4) is 0 Å². The molecule has 0 unspecified atom stereocenters.